The van der Waals surface area contributed by atoms with Crippen molar-refractivity contribution in [1.82, 2.24) is 16.0 Å². The average molecular weight is 439 g/mol. The number of carboxylic acid groups (broad SMARTS) is 1. The number of hydrogen-bond donors (Lipinski definition) is 6. The molecule has 30 heavy (non-hydrogen) atoms. The third-order valence-corrected chi connectivity index (χ3v) is 4.62. The van der Waals surface area contributed by atoms with Gasteiger partial charge in [-0.3, -0.25) is 14.4 Å². The van der Waals surface area contributed by atoms with Crippen molar-refractivity contribution in [3.63, 3.8) is 0 Å². The Hall–Kier alpha value is -2.59. The van der Waals surface area contributed by atoms with Crippen LogP contribution in [0, 0.1) is 5.92 Å². The number of nitrogens with one attached hydrogen (secondary N) is 3. The summed E-state index contributed by atoms with van der Waals surface area (Å²) in [7, 11) is 0. The van der Waals surface area contributed by atoms with E-state index in [1.165, 1.54) is 0 Å². The molecule has 0 fully saturated rings. The zero-order chi connectivity index (χ0) is 22.7. The summed E-state index contributed by atoms with van der Waals surface area (Å²) < 4.78 is 0. The van der Waals surface area contributed by atoms with Gasteiger partial charge in [0.25, 0.3) is 0 Å². The van der Waals surface area contributed by atoms with Gasteiger partial charge in [0.2, 0.25) is 17.7 Å². The summed E-state index contributed by atoms with van der Waals surface area (Å²) in [6, 6.07) is 6.01. The van der Waals surface area contributed by atoms with Crippen LogP contribution in [0.2, 0.25) is 0 Å². The third kappa shape index (κ3) is 8.83. The lowest BCUT2D eigenvalue weighted by molar-refractivity contribution is -0.141. The predicted molar refractivity (Wildman–Crippen MR) is 116 cm³/mol. The molecule has 3 amide bonds. The number of nitrogens with two attached hydrogens (primary N) is 1. The highest BCUT2D eigenvalue weighted by atomic mass is 32.1. The lowest BCUT2D eigenvalue weighted by atomic mass is 10.0. The number of carboxylic acids is 1. The highest BCUT2D eigenvalue weighted by Crippen LogP contribution is 2.08. The Kier molecular flexibility index (Phi) is 10.9. The minimum atomic E-state index is -1.22. The summed E-state index contributed by atoms with van der Waals surface area (Å²) >= 11 is 3.93. The molecule has 0 heterocycles. The Morgan fingerprint density at radius 3 is 2.03 bits per heavy atom. The maximum Gasteiger partial charge on any atom is 0.327 e. The summed E-state index contributed by atoms with van der Waals surface area (Å²) in [4.78, 5) is 48.5. The summed E-state index contributed by atoms with van der Waals surface area (Å²) in [5, 5.41) is 16.7. The summed E-state index contributed by atoms with van der Waals surface area (Å²) in [6.07, 6.45) is 0.502. The first-order valence-electron chi connectivity index (χ1n) is 9.65. The Bertz CT molecular complexity index is 729. The normalized spacial score (nSPS) is 13.8. The Balaban J connectivity index is 2.98. The second-order valence-corrected chi connectivity index (χ2v) is 7.65. The van der Waals surface area contributed by atoms with E-state index in [0.717, 1.165) is 5.56 Å². The van der Waals surface area contributed by atoms with Crippen LogP contribution in [0.15, 0.2) is 30.3 Å². The molecule has 1 aromatic rings. The van der Waals surface area contributed by atoms with Gasteiger partial charge in [0.05, 0.1) is 6.54 Å². The van der Waals surface area contributed by atoms with Gasteiger partial charge in [0.15, 0.2) is 0 Å². The first kappa shape index (κ1) is 25.4. The molecule has 1 rings (SSSR count). The molecule has 1 aromatic carbocycles. The smallest absolute Gasteiger partial charge is 0.327 e. The molecular formula is C20H30N4O5S. The molecule has 0 spiro atoms. The van der Waals surface area contributed by atoms with Gasteiger partial charge in [-0.15, -0.1) is 0 Å². The molecule has 0 aliphatic rings. The van der Waals surface area contributed by atoms with E-state index in [9.17, 15) is 19.2 Å². The van der Waals surface area contributed by atoms with Crippen molar-refractivity contribution in [2.75, 3.05) is 12.3 Å². The number of carbonyl (C=O) groups excluding carboxylic acids is 3. The van der Waals surface area contributed by atoms with Crippen LogP contribution in [0.4, 0.5) is 0 Å². The average Bonchev–Trinajstić information content (AvgIpc) is 2.70. The number of rotatable bonds is 12. The van der Waals surface area contributed by atoms with Crippen LogP contribution in [-0.2, 0) is 25.6 Å². The van der Waals surface area contributed by atoms with E-state index in [0.29, 0.717) is 6.42 Å². The van der Waals surface area contributed by atoms with Gasteiger partial charge in [-0.25, -0.2) is 4.79 Å². The van der Waals surface area contributed by atoms with E-state index in [2.05, 4.69) is 28.6 Å². The van der Waals surface area contributed by atoms with Crippen LogP contribution in [0.3, 0.4) is 0 Å². The van der Waals surface area contributed by atoms with E-state index in [1.54, 1.807) is 0 Å². The molecular weight excluding hydrogens is 408 g/mol. The van der Waals surface area contributed by atoms with Crippen molar-refractivity contribution in [3.05, 3.63) is 35.9 Å². The lowest BCUT2D eigenvalue weighted by Gasteiger charge is -2.25. The van der Waals surface area contributed by atoms with Crippen LogP contribution < -0.4 is 21.7 Å². The second kappa shape index (κ2) is 12.9. The zero-order valence-electron chi connectivity index (χ0n) is 17.1. The first-order valence-corrected chi connectivity index (χ1v) is 10.3. The topological polar surface area (TPSA) is 151 Å². The monoisotopic (exact) mass is 438 g/mol. The Morgan fingerprint density at radius 2 is 1.53 bits per heavy atom. The summed E-state index contributed by atoms with van der Waals surface area (Å²) in [5.74, 6) is -2.94. The molecule has 3 atom stereocenters. The molecule has 0 aromatic heterocycles. The zero-order valence-corrected chi connectivity index (χ0v) is 18.0. The Morgan fingerprint density at radius 1 is 0.967 bits per heavy atom. The van der Waals surface area contributed by atoms with Gasteiger partial charge in [-0.1, -0.05) is 44.2 Å². The molecule has 166 valence electrons. The molecule has 0 aliphatic carbocycles. The largest absolute Gasteiger partial charge is 0.480 e. The third-order valence-electron chi connectivity index (χ3n) is 4.26. The van der Waals surface area contributed by atoms with Gasteiger partial charge in [-0.2, -0.15) is 12.6 Å². The molecule has 0 bridgehead atoms. The standard InChI is InChI=1S/C20H30N4O5S/c1-12(2)8-14(18(26)24-16(11-30)20(28)29)23-19(27)15(22-17(25)10-21)9-13-6-4-3-5-7-13/h3-7,12,14-16,30H,8-11,21H2,1-2H3,(H,22,25)(H,23,27)(H,24,26)(H,28,29). The fraction of sp³-hybridized carbons (Fsp3) is 0.500. The van der Waals surface area contributed by atoms with Gasteiger partial charge in [-0.05, 0) is 17.9 Å². The number of hydrogen-bond acceptors (Lipinski definition) is 6. The Labute approximate surface area is 181 Å². The quantitative estimate of drug-likeness (QED) is 0.247. The summed E-state index contributed by atoms with van der Waals surface area (Å²) in [5.41, 5.74) is 6.18. The molecule has 10 heteroatoms. The molecule has 0 radical (unpaired) electrons. The van der Waals surface area contributed by atoms with Gasteiger partial charge >= 0.3 is 5.97 Å². The number of benzene rings is 1. The number of carbonyl (C=O) groups is 4. The van der Waals surface area contributed by atoms with E-state index >= 15 is 0 Å². The second-order valence-electron chi connectivity index (χ2n) is 7.29. The molecule has 3 unspecified atom stereocenters. The van der Waals surface area contributed by atoms with E-state index in [1.807, 2.05) is 44.2 Å². The van der Waals surface area contributed by atoms with Gasteiger partial charge in [0, 0.05) is 12.2 Å². The number of thiol groups is 1. The van der Waals surface area contributed by atoms with Crippen LogP contribution in [0.5, 0.6) is 0 Å². The van der Waals surface area contributed by atoms with Crippen LogP contribution in [0.25, 0.3) is 0 Å². The van der Waals surface area contributed by atoms with Crippen LogP contribution in [0.1, 0.15) is 25.8 Å². The molecule has 0 saturated heterocycles. The fourth-order valence-corrected chi connectivity index (χ4v) is 2.99. The maximum atomic E-state index is 12.9. The summed E-state index contributed by atoms with van der Waals surface area (Å²) in [6.45, 7) is 3.46. The minimum absolute atomic E-state index is 0.0477. The van der Waals surface area contributed by atoms with Crippen LogP contribution in [-0.4, -0.2) is 59.2 Å². The van der Waals surface area contributed by atoms with Crippen molar-refractivity contribution < 1.29 is 24.3 Å². The first-order chi connectivity index (χ1) is 14.2. The highest BCUT2D eigenvalue weighted by molar-refractivity contribution is 7.80. The van der Waals surface area contributed by atoms with E-state index in [4.69, 9.17) is 10.8 Å². The number of aliphatic carboxylic acids is 1. The molecule has 6 N–H and O–H groups in total. The van der Waals surface area contributed by atoms with Crippen molar-refractivity contribution in [1.29, 1.82) is 0 Å². The van der Waals surface area contributed by atoms with E-state index < -0.39 is 41.8 Å². The number of amides is 3. The fourth-order valence-electron chi connectivity index (χ4n) is 2.75. The molecule has 9 nitrogen and oxygen atoms in total. The SMILES string of the molecule is CC(C)CC(NC(=O)C(Cc1ccccc1)NC(=O)CN)C(=O)NC(CS)C(=O)O. The highest BCUT2D eigenvalue weighted by Gasteiger charge is 2.29. The van der Waals surface area contributed by atoms with Crippen LogP contribution >= 0.6 is 12.6 Å². The van der Waals surface area contributed by atoms with Gasteiger partial charge in [0.1, 0.15) is 18.1 Å². The molecule has 0 aliphatic heterocycles. The van der Waals surface area contributed by atoms with Crippen molar-refractivity contribution >= 4 is 36.3 Å². The van der Waals surface area contributed by atoms with Crippen molar-refractivity contribution in [3.8, 4) is 0 Å². The maximum absolute atomic E-state index is 12.9. The van der Waals surface area contributed by atoms with Crippen molar-refractivity contribution in [2.45, 2.75) is 44.8 Å². The molecule has 0 saturated carbocycles. The minimum Gasteiger partial charge on any atom is -0.480 e. The van der Waals surface area contributed by atoms with Crippen molar-refractivity contribution in [2.24, 2.45) is 11.7 Å². The predicted octanol–water partition coefficient (Wildman–Crippen LogP) is -0.297. The van der Waals surface area contributed by atoms with E-state index in [-0.39, 0.29) is 24.6 Å². The lowest BCUT2D eigenvalue weighted by Crippen LogP contribution is -2.57. The van der Waals surface area contributed by atoms with Gasteiger partial charge < -0.3 is 26.8 Å².